The van der Waals surface area contributed by atoms with Crippen molar-refractivity contribution in [2.24, 2.45) is 5.92 Å². The van der Waals surface area contributed by atoms with E-state index < -0.39 is 0 Å². The van der Waals surface area contributed by atoms with Crippen molar-refractivity contribution < 1.29 is 0 Å². The van der Waals surface area contributed by atoms with Crippen LogP contribution in [0.2, 0.25) is 0 Å². The molecular formula is C9H13BrN4S. The zero-order chi connectivity index (χ0) is 10.7. The summed E-state index contributed by atoms with van der Waals surface area (Å²) in [6.07, 6.45) is 2.77. The van der Waals surface area contributed by atoms with Gasteiger partial charge in [0, 0.05) is 6.54 Å². The Labute approximate surface area is 102 Å². The van der Waals surface area contributed by atoms with Crippen molar-refractivity contribution in [1.82, 2.24) is 9.97 Å². The van der Waals surface area contributed by atoms with Crippen LogP contribution in [0, 0.1) is 5.92 Å². The molecule has 6 heteroatoms. The first-order valence-electron chi connectivity index (χ1n) is 4.85. The molecule has 1 aliphatic rings. The molecule has 0 aliphatic carbocycles. The van der Waals surface area contributed by atoms with Crippen molar-refractivity contribution in [2.45, 2.75) is 6.42 Å². The number of thioether (sulfide) groups is 1. The Kier molecular flexibility index (Phi) is 3.69. The highest BCUT2D eigenvalue weighted by Gasteiger charge is 2.16. The summed E-state index contributed by atoms with van der Waals surface area (Å²) in [6, 6.07) is 0. The first-order valence-corrected chi connectivity index (χ1v) is 6.79. The Morgan fingerprint density at radius 1 is 1.60 bits per heavy atom. The van der Waals surface area contributed by atoms with E-state index in [0.717, 1.165) is 22.8 Å². The number of nitrogens with zero attached hydrogens (tertiary/aromatic N) is 2. The molecule has 1 unspecified atom stereocenters. The summed E-state index contributed by atoms with van der Waals surface area (Å²) in [5.74, 6) is 4.54. The molecule has 82 valence electrons. The van der Waals surface area contributed by atoms with E-state index in [-0.39, 0.29) is 0 Å². The molecule has 3 N–H and O–H groups in total. The summed E-state index contributed by atoms with van der Waals surface area (Å²) in [5.41, 5.74) is 5.66. The van der Waals surface area contributed by atoms with Gasteiger partial charge in [0.25, 0.3) is 0 Å². The summed E-state index contributed by atoms with van der Waals surface area (Å²) >= 11 is 5.39. The van der Waals surface area contributed by atoms with E-state index in [4.69, 9.17) is 5.73 Å². The van der Waals surface area contributed by atoms with Crippen molar-refractivity contribution in [3.8, 4) is 0 Å². The summed E-state index contributed by atoms with van der Waals surface area (Å²) in [4.78, 5) is 8.04. The maximum Gasteiger partial charge on any atom is 0.145 e. The average molecular weight is 289 g/mol. The van der Waals surface area contributed by atoms with Gasteiger partial charge >= 0.3 is 0 Å². The molecule has 4 nitrogen and oxygen atoms in total. The van der Waals surface area contributed by atoms with Crippen LogP contribution in [0.15, 0.2) is 10.8 Å². The van der Waals surface area contributed by atoms with Crippen molar-refractivity contribution in [3.05, 3.63) is 10.8 Å². The molecule has 0 saturated carbocycles. The number of hydrogen-bond acceptors (Lipinski definition) is 5. The first kappa shape index (κ1) is 11.0. The molecule has 1 aromatic heterocycles. The molecule has 0 radical (unpaired) electrons. The van der Waals surface area contributed by atoms with E-state index in [1.54, 1.807) is 0 Å². The number of aromatic nitrogens is 2. The number of halogens is 1. The van der Waals surface area contributed by atoms with Crippen molar-refractivity contribution in [3.63, 3.8) is 0 Å². The van der Waals surface area contributed by atoms with Gasteiger partial charge in [-0.05, 0) is 39.8 Å². The Morgan fingerprint density at radius 2 is 2.47 bits per heavy atom. The lowest BCUT2D eigenvalue weighted by atomic mass is 10.1. The van der Waals surface area contributed by atoms with Crippen LogP contribution >= 0.6 is 27.7 Å². The summed E-state index contributed by atoms with van der Waals surface area (Å²) in [5, 5.41) is 3.30. The van der Waals surface area contributed by atoms with Crippen LogP contribution in [-0.4, -0.2) is 28.0 Å². The Hall–Kier alpha value is -0.490. The minimum atomic E-state index is 0.480. The van der Waals surface area contributed by atoms with Crippen molar-refractivity contribution >= 4 is 39.3 Å². The molecule has 1 aliphatic heterocycles. The lowest BCUT2D eigenvalue weighted by Gasteiger charge is -2.11. The fourth-order valence-electron chi connectivity index (χ4n) is 1.49. The topological polar surface area (TPSA) is 63.8 Å². The third-order valence-corrected chi connectivity index (χ3v) is 4.41. The van der Waals surface area contributed by atoms with Gasteiger partial charge in [-0.1, -0.05) is 0 Å². The largest absolute Gasteiger partial charge is 0.383 e. The van der Waals surface area contributed by atoms with Gasteiger partial charge in [0.1, 0.15) is 22.4 Å². The van der Waals surface area contributed by atoms with Crippen LogP contribution in [0.25, 0.3) is 0 Å². The third-order valence-electron chi connectivity index (χ3n) is 2.40. The van der Waals surface area contributed by atoms with Gasteiger partial charge in [-0.15, -0.1) is 0 Å². The number of hydrogen-bond donors (Lipinski definition) is 2. The number of nitrogens with two attached hydrogens (primary N) is 1. The Balaban J connectivity index is 1.95. The highest BCUT2D eigenvalue weighted by molar-refractivity contribution is 9.10. The van der Waals surface area contributed by atoms with Gasteiger partial charge in [-0.25, -0.2) is 9.97 Å². The first-order chi connectivity index (χ1) is 7.27. The zero-order valence-electron chi connectivity index (χ0n) is 8.24. The highest BCUT2D eigenvalue weighted by Crippen LogP contribution is 2.26. The Bertz CT molecular complexity index is 341. The average Bonchev–Trinajstić information content (AvgIpc) is 2.73. The maximum atomic E-state index is 5.66. The van der Waals surface area contributed by atoms with Gasteiger partial charge in [-0.3, -0.25) is 0 Å². The van der Waals surface area contributed by atoms with Gasteiger partial charge in [0.2, 0.25) is 0 Å². The molecule has 0 amide bonds. The minimum Gasteiger partial charge on any atom is -0.383 e. The van der Waals surface area contributed by atoms with E-state index >= 15 is 0 Å². The second-order valence-electron chi connectivity index (χ2n) is 3.53. The summed E-state index contributed by atoms with van der Waals surface area (Å²) < 4.78 is 0.760. The quantitative estimate of drug-likeness (QED) is 0.891. The lowest BCUT2D eigenvalue weighted by molar-refractivity contribution is 0.630. The second-order valence-corrected chi connectivity index (χ2v) is 5.47. The zero-order valence-corrected chi connectivity index (χ0v) is 10.6. The number of nitrogens with one attached hydrogen (secondary N) is 1. The van der Waals surface area contributed by atoms with Gasteiger partial charge < -0.3 is 11.1 Å². The van der Waals surface area contributed by atoms with Gasteiger partial charge in [0.05, 0.1) is 0 Å². The smallest absolute Gasteiger partial charge is 0.145 e. The van der Waals surface area contributed by atoms with Crippen LogP contribution in [0.4, 0.5) is 11.6 Å². The van der Waals surface area contributed by atoms with Crippen LogP contribution in [-0.2, 0) is 0 Å². The third kappa shape index (κ3) is 2.75. The normalized spacial score (nSPS) is 20.5. The van der Waals surface area contributed by atoms with E-state index in [9.17, 15) is 0 Å². The van der Waals surface area contributed by atoms with Gasteiger partial charge in [0.15, 0.2) is 0 Å². The molecule has 2 rings (SSSR count). The van der Waals surface area contributed by atoms with Crippen LogP contribution in [0.5, 0.6) is 0 Å². The number of nitrogen functional groups attached to an aromatic ring is 1. The van der Waals surface area contributed by atoms with Crippen LogP contribution in [0.3, 0.4) is 0 Å². The Morgan fingerprint density at radius 3 is 3.20 bits per heavy atom. The molecule has 1 atom stereocenters. The summed E-state index contributed by atoms with van der Waals surface area (Å²) in [6.45, 7) is 0.960. The SMILES string of the molecule is Nc1ncnc(NCC2CCSC2)c1Br. The predicted molar refractivity (Wildman–Crippen MR) is 68.1 cm³/mol. The van der Waals surface area contributed by atoms with E-state index in [0.29, 0.717) is 5.82 Å². The maximum absolute atomic E-state index is 5.66. The highest BCUT2D eigenvalue weighted by atomic mass is 79.9. The molecule has 1 fully saturated rings. The molecule has 15 heavy (non-hydrogen) atoms. The van der Waals surface area contributed by atoms with Crippen molar-refractivity contribution in [1.29, 1.82) is 0 Å². The standard InChI is InChI=1S/C9H13BrN4S/c10-7-8(11)13-5-14-9(7)12-3-6-1-2-15-4-6/h5-6H,1-4H2,(H3,11,12,13,14). The number of rotatable bonds is 3. The van der Waals surface area contributed by atoms with Crippen LogP contribution in [0.1, 0.15) is 6.42 Å². The van der Waals surface area contributed by atoms with E-state index in [1.807, 2.05) is 11.8 Å². The van der Waals surface area contributed by atoms with E-state index in [1.165, 1.54) is 24.3 Å². The molecule has 0 spiro atoms. The molecular weight excluding hydrogens is 276 g/mol. The van der Waals surface area contributed by atoms with Crippen LogP contribution < -0.4 is 11.1 Å². The molecule has 2 heterocycles. The molecule has 1 aromatic rings. The molecule has 1 saturated heterocycles. The monoisotopic (exact) mass is 288 g/mol. The fourth-order valence-corrected chi connectivity index (χ4v) is 3.12. The van der Waals surface area contributed by atoms with Gasteiger partial charge in [-0.2, -0.15) is 11.8 Å². The fraction of sp³-hybridized carbons (Fsp3) is 0.556. The second kappa shape index (κ2) is 5.03. The predicted octanol–water partition coefficient (Wildman–Crippen LogP) is 1.99. The minimum absolute atomic E-state index is 0.480. The lowest BCUT2D eigenvalue weighted by Crippen LogP contribution is -2.15. The molecule has 0 aromatic carbocycles. The number of anilines is 2. The molecule has 0 bridgehead atoms. The van der Waals surface area contributed by atoms with Crippen molar-refractivity contribution in [2.75, 3.05) is 29.1 Å². The summed E-state index contributed by atoms with van der Waals surface area (Å²) in [7, 11) is 0. The van der Waals surface area contributed by atoms with E-state index in [2.05, 4.69) is 31.2 Å².